The Morgan fingerprint density at radius 3 is 2.29 bits per heavy atom. The van der Waals surface area contributed by atoms with Crippen molar-refractivity contribution in [2.24, 2.45) is 0 Å². The molecule has 20 heteroatoms. The van der Waals surface area contributed by atoms with Gasteiger partial charge in [-0.1, -0.05) is 0 Å². The van der Waals surface area contributed by atoms with Crippen LogP contribution in [0, 0.1) is 0 Å². The summed E-state index contributed by atoms with van der Waals surface area (Å²) in [5.41, 5.74) is 6.12. The van der Waals surface area contributed by atoms with Crippen LogP contribution in [0.5, 0.6) is 0 Å². The van der Waals surface area contributed by atoms with Crippen molar-refractivity contribution >= 4 is 32.6 Å². The molecule has 8 N–H and O–H groups in total. The number of phosphoric acid groups is 2. The molecule has 2 saturated heterocycles. The van der Waals surface area contributed by atoms with Gasteiger partial charge in [0.2, 0.25) is 0 Å². The Balaban J connectivity index is 1.34. The average molecular weight is 543 g/mol. The third-order valence-corrected chi connectivity index (χ3v) is 7.87. The number of aliphatic hydroxyl groups is 4. The van der Waals surface area contributed by atoms with Gasteiger partial charge in [-0.15, -0.1) is 0 Å². The summed E-state index contributed by atoms with van der Waals surface area (Å²) in [4.78, 5) is 31.3. The van der Waals surface area contributed by atoms with Crippen LogP contribution < -0.4 is 5.73 Å². The van der Waals surface area contributed by atoms with Gasteiger partial charge >= 0.3 is 15.6 Å². The molecule has 9 atom stereocenters. The van der Waals surface area contributed by atoms with Crippen molar-refractivity contribution in [3.05, 3.63) is 12.7 Å². The summed E-state index contributed by atoms with van der Waals surface area (Å²) in [5.74, 6) is 0.0702. The van der Waals surface area contributed by atoms with Gasteiger partial charge in [0.05, 0.1) is 26.1 Å². The first-order chi connectivity index (χ1) is 16.4. The van der Waals surface area contributed by atoms with E-state index in [1.165, 1.54) is 10.9 Å². The lowest BCUT2D eigenvalue weighted by molar-refractivity contribution is -0.0506. The first-order valence-electron chi connectivity index (χ1n) is 9.97. The maximum atomic E-state index is 12.1. The lowest BCUT2D eigenvalue weighted by Crippen LogP contribution is -2.33. The molecule has 2 aromatic heterocycles. The SMILES string of the molecule is Nc1ncnc2c1ncn2C1OC(COP(=O)(O)OP(=O)(O)OC[C@H]2OCC(O)C2O)[C@@H](O)[C@H]1O. The molecule has 2 aromatic rings. The zero-order chi connectivity index (χ0) is 25.5. The van der Waals surface area contributed by atoms with Gasteiger partial charge in [-0.25, -0.2) is 24.1 Å². The highest BCUT2D eigenvalue weighted by Gasteiger charge is 2.46. The lowest BCUT2D eigenvalue weighted by atomic mass is 10.1. The summed E-state index contributed by atoms with van der Waals surface area (Å²) in [6.45, 7) is -1.82. The molecule has 2 fully saturated rings. The number of hydrogen-bond donors (Lipinski definition) is 7. The minimum absolute atomic E-state index is 0.0702. The van der Waals surface area contributed by atoms with Crippen molar-refractivity contribution in [3.8, 4) is 0 Å². The van der Waals surface area contributed by atoms with Crippen LogP contribution >= 0.6 is 15.6 Å². The fourth-order valence-corrected chi connectivity index (χ4v) is 5.57. The molecule has 0 saturated carbocycles. The van der Waals surface area contributed by atoms with Gasteiger partial charge in [0.25, 0.3) is 0 Å². The van der Waals surface area contributed by atoms with Crippen molar-refractivity contribution < 1.29 is 62.2 Å². The van der Waals surface area contributed by atoms with Crippen LogP contribution in [0.1, 0.15) is 6.23 Å². The molecule has 0 aliphatic carbocycles. The quantitative estimate of drug-likeness (QED) is 0.160. The molecule has 0 amide bonds. The molecule has 18 nitrogen and oxygen atoms in total. The molecule has 2 aliphatic heterocycles. The van der Waals surface area contributed by atoms with E-state index < -0.39 is 71.7 Å². The lowest BCUT2D eigenvalue weighted by Gasteiger charge is -2.20. The van der Waals surface area contributed by atoms with Crippen LogP contribution in [-0.2, 0) is 32.0 Å². The Kier molecular flexibility index (Phi) is 7.57. The third kappa shape index (κ3) is 5.70. The maximum Gasteiger partial charge on any atom is 0.481 e. The summed E-state index contributed by atoms with van der Waals surface area (Å²) in [5, 5.41) is 39.7. The van der Waals surface area contributed by atoms with Gasteiger partial charge in [0.1, 0.15) is 48.5 Å². The monoisotopic (exact) mass is 543 g/mol. The fraction of sp³-hybridized carbons (Fsp3) is 0.667. The molecule has 6 unspecified atom stereocenters. The maximum absolute atomic E-state index is 12.1. The summed E-state index contributed by atoms with van der Waals surface area (Å²) >= 11 is 0. The van der Waals surface area contributed by atoms with Gasteiger partial charge in [-0.2, -0.15) is 4.31 Å². The summed E-state index contributed by atoms with van der Waals surface area (Å²) in [6, 6.07) is 0. The number of aromatic nitrogens is 4. The number of hydrogen-bond acceptors (Lipinski definition) is 15. The minimum atomic E-state index is -5.25. The van der Waals surface area contributed by atoms with E-state index in [4.69, 9.17) is 15.2 Å². The second kappa shape index (κ2) is 10.0. The van der Waals surface area contributed by atoms with E-state index >= 15 is 0 Å². The van der Waals surface area contributed by atoms with Crippen molar-refractivity contribution in [2.75, 3.05) is 25.6 Å². The Hall–Kier alpha value is -1.63. The van der Waals surface area contributed by atoms with Crippen molar-refractivity contribution in [3.63, 3.8) is 0 Å². The molecule has 4 heterocycles. The molecule has 35 heavy (non-hydrogen) atoms. The van der Waals surface area contributed by atoms with Crippen LogP contribution in [0.2, 0.25) is 0 Å². The van der Waals surface area contributed by atoms with E-state index in [2.05, 4.69) is 28.3 Å². The summed E-state index contributed by atoms with van der Waals surface area (Å²) < 4.78 is 49.2. The second-order valence-corrected chi connectivity index (χ2v) is 10.7. The average Bonchev–Trinajstić information content (AvgIpc) is 3.43. The number of anilines is 1. The molecule has 0 spiro atoms. The Bertz CT molecular complexity index is 1150. The smallest absolute Gasteiger partial charge is 0.388 e. The molecule has 0 bridgehead atoms. The second-order valence-electron chi connectivity index (χ2n) is 7.67. The van der Waals surface area contributed by atoms with Crippen LogP contribution in [-0.4, -0.2) is 106 Å². The van der Waals surface area contributed by atoms with E-state index in [0.29, 0.717) is 0 Å². The minimum Gasteiger partial charge on any atom is -0.388 e. The van der Waals surface area contributed by atoms with Crippen LogP contribution in [0.25, 0.3) is 11.2 Å². The highest BCUT2D eigenvalue weighted by Crippen LogP contribution is 2.60. The summed E-state index contributed by atoms with van der Waals surface area (Å²) in [6.07, 6.45) is -7.17. The first kappa shape index (κ1) is 26.4. The molecular formula is C15H23N5O13P2. The highest BCUT2D eigenvalue weighted by atomic mass is 31.3. The van der Waals surface area contributed by atoms with Gasteiger partial charge in [-0.3, -0.25) is 13.6 Å². The fourth-order valence-electron chi connectivity index (χ4n) is 3.48. The third-order valence-electron chi connectivity index (χ3n) is 5.26. The molecule has 2 aliphatic rings. The van der Waals surface area contributed by atoms with E-state index in [-0.39, 0.29) is 23.6 Å². The predicted molar refractivity (Wildman–Crippen MR) is 110 cm³/mol. The number of fused-ring (bicyclic) bond motifs is 1. The number of rotatable bonds is 9. The molecule has 0 aromatic carbocycles. The van der Waals surface area contributed by atoms with E-state index in [1.807, 2.05) is 0 Å². The van der Waals surface area contributed by atoms with Crippen LogP contribution in [0.15, 0.2) is 12.7 Å². The zero-order valence-electron chi connectivity index (χ0n) is 17.6. The predicted octanol–water partition coefficient (Wildman–Crippen LogP) is -2.60. The van der Waals surface area contributed by atoms with Crippen LogP contribution in [0.3, 0.4) is 0 Å². The van der Waals surface area contributed by atoms with Crippen molar-refractivity contribution in [1.29, 1.82) is 0 Å². The number of aliphatic hydroxyl groups excluding tert-OH is 4. The van der Waals surface area contributed by atoms with Gasteiger partial charge in [0.15, 0.2) is 17.7 Å². The number of ether oxygens (including phenoxy) is 2. The standard InChI is InChI=1S/C15H23N5O13P2/c16-13-9-14(18-4-17-13)20(5-19-9)15-12(24)11(23)8(32-15)3-31-35(27,28)33-34(25,26)30-2-7-10(22)6(21)1-29-7/h4-8,10-12,15,21-24H,1-3H2,(H,25,26)(H,27,28)(H2,16,17,18)/t6?,7-,8?,10?,11-,12-,15?/m1/s1. The molecule has 4 rings (SSSR count). The normalized spacial score (nSPS) is 34.7. The topological polar surface area (TPSA) is 271 Å². The van der Waals surface area contributed by atoms with E-state index in [9.17, 15) is 39.3 Å². The number of nitrogen functional groups attached to an aromatic ring is 1. The molecule has 0 radical (unpaired) electrons. The zero-order valence-corrected chi connectivity index (χ0v) is 19.4. The van der Waals surface area contributed by atoms with E-state index in [0.717, 1.165) is 6.33 Å². The number of imidazole rings is 1. The van der Waals surface area contributed by atoms with Gasteiger partial charge < -0.3 is 45.4 Å². The Morgan fingerprint density at radius 1 is 1.00 bits per heavy atom. The molecule has 196 valence electrons. The summed E-state index contributed by atoms with van der Waals surface area (Å²) in [7, 11) is -10.4. The van der Waals surface area contributed by atoms with Crippen LogP contribution in [0.4, 0.5) is 5.82 Å². The van der Waals surface area contributed by atoms with E-state index in [1.54, 1.807) is 0 Å². The number of nitrogens with two attached hydrogens (primary N) is 1. The number of phosphoric ester groups is 2. The first-order valence-corrected chi connectivity index (χ1v) is 13.0. The Labute approximate surface area is 196 Å². The van der Waals surface area contributed by atoms with Crippen molar-refractivity contribution in [2.45, 2.75) is 42.9 Å². The Morgan fingerprint density at radius 2 is 1.66 bits per heavy atom. The number of nitrogens with zero attached hydrogens (tertiary/aromatic N) is 4. The highest BCUT2D eigenvalue weighted by molar-refractivity contribution is 7.61. The van der Waals surface area contributed by atoms with Crippen molar-refractivity contribution in [1.82, 2.24) is 19.5 Å². The molecular weight excluding hydrogens is 520 g/mol. The van der Waals surface area contributed by atoms with Gasteiger partial charge in [0, 0.05) is 0 Å². The largest absolute Gasteiger partial charge is 0.481 e. The van der Waals surface area contributed by atoms with Gasteiger partial charge in [-0.05, 0) is 0 Å².